The lowest BCUT2D eigenvalue weighted by Gasteiger charge is -2.23. The maximum absolute atomic E-state index is 10.0. The van der Waals surface area contributed by atoms with Gasteiger partial charge >= 0.3 is 0 Å². The second-order valence-electron chi connectivity index (χ2n) is 5.79. The van der Waals surface area contributed by atoms with Crippen molar-refractivity contribution in [3.63, 3.8) is 0 Å². The Balaban J connectivity index is 2.48. The second kappa shape index (κ2) is 3.91. The number of benzene rings is 1. The van der Waals surface area contributed by atoms with Crippen LogP contribution in [0.3, 0.4) is 0 Å². The van der Waals surface area contributed by atoms with E-state index in [1.807, 2.05) is 0 Å². The molecule has 1 aromatic rings. The molecule has 0 fully saturated rings. The number of ether oxygens (including phenoxy) is 1. The molecule has 0 amide bonds. The van der Waals surface area contributed by atoms with Gasteiger partial charge in [-0.15, -0.1) is 0 Å². The minimum absolute atomic E-state index is 0.133. The molecule has 3 heteroatoms. The molecule has 0 aromatic heterocycles. The minimum Gasteiger partial charge on any atom is -0.508 e. The molecule has 0 aliphatic carbocycles. The second-order valence-corrected chi connectivity index (χ2v) is 5.79. The van der Waals surface area contributed by atoms with Crippen molar-refractivity contribution in [2.24, 2.45) is 0 Å². The highest BCUT2D eigenvalue weighted by Gasteiger charge is 2.33. The molecule has 0 bridgehead atoms. The summed E-state index contributed by atoms with van der Waals surface area (Å²) in [6.45, 7) is 7.93. The highest BCUT2D eigenvalue weighted by atomic mass is 16.5. The van der Waals surface area contributed by atoms with Crippen molar-refractivity contribution in [1.82, 2.24) is 0 Å². The highest BCUT2D eigenvalue weighted by Crippen LogP contribution is 2.42. The molecular weight excluding hydrogens is 216 g/mol. The Kier molecular flexibility index (Phi) is 2.82. The summed E-state index contributed by atoms with van der Waals surface area (Å²) in [5.41, 5.74) is 1.83. The molecule has 1 aliphatic rings. The van der Waals surface area contributed by atoms with E-state index in [2.05, 4.69) is 20.8 Å². The van der Waals surface area contributed by atoms with Crippen LogP contribution in [0, 0.1) is 0 Å². The predicted molar refractivity (Wildman–Crippen MR) is 66.6 cm³/mol. The van der Waals surface area contributed by atoms with Crippen molar-refractivity contribution < 1.29 is 14.9 Å². The summed E-state index contributed by atoms with van der Waals surface area (Å²) in [5.74, 6) is 1.10. The van der Waals surface area contributed by atoms with E-state index < -0.39 is 6.10 Å². The van der Waals surface area contributed by atoms with Gasteiger partial charge in [0, 0.05) is 17.5 Å². The number of fused-ring (bicyclic) bond motifs is 1. The molecule has 2 atom stereocenters. The smallest absolute Gasteiger partial charge is 0.128 e. The van der Waals surface area contributed by atoms with Gasteiger partial charge in [0.15, 0.2) is 0 Å². The zero-order valence-corrected chi connectivity index (χ0v) is 10.8. The lowest BCUT2D eigenvalue weighted by molar-refractivity contribution is 0.0632. The van der Waals surface area contributed by atoms with Crippen molar-refractivity contribution in [2.45, 2.75) is 51.7 Å². The summed E-state index contributed by atoms with van der Waals surface area (Å²) in [7, 11) is 0. The highest BCUT2D eigenvalue weighted by molar-refractivity contribution is 5.53. The zero-order valence-electron chi connectivity index (χ0n) is 10.8. The van der Waals surface area contributed by atoms with Crippen LogP contribution in [0.4, 0.5) is 0 Å². The molecule has 1 heterocycles. The number of rotatable bonds is 1. The first-order valence-electron chi connectivity index (χ1n) is 6.00. The average molecular weight is 236 g/mol. The average Bonchev–Trinajstić information content (AvgIpc) is 2.58. The van der Waals surface area contributed by atoms with Crippen molar-refractivity contribution in [1.29, 1.82) is 0 Å². The van der Waals surface area contributed by atoms with E-state index >= 15 is 0 Å². The third-order valence-electron chi connectivity index (χ3n) is 3.22. The third-order valence-corrected chi connectivity index (χ3v) is 3.22. The molecule has 2 rings (SSSR count). The van der Waals surface area contributed by atoms with Gasteiger partial charge < -0.3 is 14.9 Å². The molecule has 2 N–H and O–H groups in total. The first-order chi connectivity index (χ1) is 7.80. The molecule has 3 nitrogen and oxygen atoms in total. The van der Waals surface area contributed by atoms with E-state index in [1.165, 1.54) is 0 Å². The summed E-state index contributed by atoms with van der Waals surface area (Å²) >= 11 is 0. The molecule has 1 aliphatic heterocycles. The van der Waals surface area contributed by atoms with Crippen molar-refractivity contribution in [3.05, 3.63) is 23.3 Å². The Labute approximate surface area is 102 Å². The number of aliphatic hydroxyl groups is 1. The fraction of sp³-hybridized carbons (Fsp3) is 0.571. The van der Waals surface area contributed by atoms with Crippen molar-refractivity contribution in [3.8, 4) is 11.5 Å². The van der Waals surface area contributed by atoms with E-state index in [-0.39, 0.29) is 11.5 Å². The number of hydrogen-bond donors (Lipinski definition) is 2. The van der Waals surface area contributed by atoms with E-state index in [0.29, 0.717) is 12.2 Å². The lowest BCUT2D eigenvalue weighted by Crippen LogP contribution is -2.27. The van der Waals surface area contributed by atoms with Crippen LogP contribution >= 0.6 is 0 Å². The van der Waals surface area contributed by atoms with Gasteiger partial charge in [-0.25, -0.2) is 0 Å². The molecule has 0 spiro atoms. The first-order valence-corrected chi connectivity index (χ1v) is 6.00. The van der Waals surface area contributed by atoms with Gasteiger partial charge in [0.1, 0.15) is 17.6 Å². The Bertz CT molecular complexity index is 430. The monoisotopic (exact) mass is 236 g/mol. The van der Waals surface area contributed by atoms with Gasteiger partial charge in [-0.05, 0) is 24.5 Å². The van der Waals surface area contributed by atoms with Crippen LogP contribution in [-0.2, 0) is 11.8 Å². The summed E-state index contributed by atoms with van der Waals surface area (Å²) in [5, 5.41) is 19.6. The number of aliphatic hydroxyl groups excluding tert-OH is 1. The molecule has 0 saturated heterocycles. The molecule has 1 aromatic carbocycles. The summed E-state index contributed by atoms with van der Waals surface area (Å²) in [6, 6.07) is 3.45. The molecule has 17 heavy (non-hydrogen) atoms. The normalized spacial score (nSPS) is 20.9. The van der Waals surface area contributed by atoms with E-state index in [9.17, 15) is 10.2 Å². The molecule has 0 saturated carbocycles. The van der Waals surface area contributed by atoms with Crippen LogP contribution in [0.2, 0.25) is 0 Å². The lowest BCUT2D eigenvalue weighted by atomic mass is 9.81. The van der Waals surface area contributed by atoms with E-state index in [4.69, 9.17) is 4.74 Å². The van der Waals surface area contributed by atoms with Gasteiger partial charge in [0.2, 0.25) is 0 Å². The Morgan fingerprint density at radius 2 is 2.00 bits per heavy atom. The Morgan fingerprint density at radius 1 is 1.35 bits per heavy atom. The molecule has 0 radical (unpaired) electrons. The summed E-state index contributed by atoms with van der Waals surface area (Å²) in [4.78, 5) is 0. The number of aromatic hydroxyl groups is 1. The standard InChI is InChI=1S/C14H20O3/c1-8(15)12-7-9-11(17-12)6-5-10(16)13(9)14(2,3)4/h5-6,8,12,15-16H,7H2,1-4H3. The third kappa shape index (κ3) is 2.12. The number of phenolic OH excluding ortho intramolecular Hbond substituents is 1. The first kappa shape index (κ1) is 12.2. The Morgan fingerprint density at radius 3 is 2.53 bits per heavy atom. The minimum atomic E-state index is -0.502. The van der Waals surface area contributed by atoms with E-state index in [1.54, 1.807) is 19.1 Å². The van der Waals surface area contributed by atoms with E-state index in [0.717, 1.165) is 16.9 Å². The zero-order chi connectivity index (χ0) is 12.8. The Hall–Kier alpha value is -1.22. The van der Waals surface area contributed by atoms with Crippen LogP contribution < -0.4 is 4.74 Å². The van der Waals surface area contributed by atoms with Crippen molar-refractivity contribution >= 4 is 0 Å². The fourth-order valence-corrected chi connectivity index (χ4v) is 2.44. The summed E-state index contributed by atoms with van der Waals surface area (Å²) < 4.78 is 5.70. The van der Waals surface area contributed by atoms with Crippen LogP contribution in [0.1, 0.15) is 38.8 Å². The predicted octanol–water partition coefficient (Wildman–Crippen LogP) is 2.37. The quantitative estimate of drug-likeness (QED) is 0.787. The van der Waals surface area contributed by atoms with Gasteiger partial charge in [0.25, 0.3) is 0 Å². The topological polar surface area (TPSA) is 49.7 Å². The van der Waals surface area contributed by atoms with Gasteiger partial charge in [0.05, 0.1) is 6.10 Å². The molecule has 2 unspecified atom stereocenters. The largest absolute Gasteiger partial charge is 0.508 e. The maximum atomic E-state index is 10.0. The van der Waals surface area contributed by atoms with Crippen LogP contribution in [0.25, 0.3) is 0 Å². The maximum Gasteiger partial charge on any atom is 0.128 e. The van der Waals surface area contributed by atoms with Gasteiger partial charge in [-0.1, -0.05) is 20.8 Å². The van der Waals surface area contributed by atoms with Crippen LogP contribution in [0.15, 0.2) is 12.1 Å². The van der Waals surface area contributed by atoms with Gasteiger partial charge in [-0.2, -0.15) is 0 Å². The number of hydrogen-bond acceptors (Lipinski definition) is 3. The van der Waals surface area contributed by atoms with Crippen LogP contribution in [-0.4, -0.2) is 22.4 Å². The van der Waals surface area contributed by atoms with Crippen molar-refractivity contribution in [2.75, 3.05) is 0 Å². The summed E-state index contributed by atoms with van der Waals surface area (Å²) in [6.07, 6.45) is -0.0427. The SMILES string of the molecule is CC(O)C1Cc2c(ccc(O)c2C(C)(C)C)O1. The molecular formula is C14H20O3. The number of phenols is 1. The fourth-order valence-electron chi connectivity index (χ4n) is 2.44. The molecule has 94 valence electrons. The van der Waals surface area contributed by atoms with Gasteiger partial charge in [-0.3, -0.25) is 0 Å². The van der Waals surface area contributed by atoms with Crippen LogP contribution in [0.5, 0.6) is 11.5 Å².